The molecule has 3 rings (SSSR count). The SMILES string of the molecule is CCN(CC)Cc1ccccc1CNC(=O)c1ccc(Cl)c(S(=O)(=O)N2CCCC2)c1. The number of nitrogens with one attached hydrogen (secondary N) is 1. The average molecular weight is 464 g/mol. The molecule has 0 aromatic heterocycles. The van der Waals surface area contributed by atoms with Crippen molar-refractivity contribution in [1.29, 1.82) is 0 Å². The standard InChI is InChI=1S/C23H30ClN3O3S/c1-3-26(4-2)17-20-10-6-5-9-19(20)16-25-23(28)18-11-12-21(24)22(15-18)31(29,30)27-13-7-8-14-27/h5-6,9-12,15H,3-4,7-8,13-14,16-17H2,1-2H3,(H,25,28). The molecule has 2 aromatic rings. The molecule has 2 aromatic carbocycles. The number of hydrogen-bond donors (Lipinski definition) is 1. The molecular formula is C23H30ClN3O3S. The quantitative estimate of drug-likeness (QED) is 0.612. The predicted molar refractivity (Wildman–Crippen MR) is 124 cm³/mol. The number of amides is 1. The van der Waals surface area contributed by atoms with Gasteiger partial charge in [-0.15, -0.1) is 0 Å². The minimum atomic E-state index is -3.70. The largest absolute Gasteiger partial charge is 0.348 e. The van der Waals surface area contributed by atoms with Gasteiger partial charge in [0.15, 0.2) is 0 Å². The average Bonchev–Trinajstić information content (AvgIpc) is 3.32. The molecule has 1 fully saturated rings. The number of halogens is 1. The van der Waals surface area contributed by atoms with E-state index in [4.69, 9.17) is 11.6 Å². The Kier molecular flexibility index (Phi) is 8.11. The summed E-state index contributed by atoms with van der Waals surface area (Å²) in [4.78, 5) is 15.1. The van der Waals surface area contributed by atoms with E-state index in [1.54, 1.807) is 6.07 Å². The summed E-state index contributed by atoms with van der Waals surface area (Å²) in [5.41, 5.74) is 2.49. The van der Waals surface area contributed by atoms with Gasteiger partial charge in [-0.05, 0) is 55.3 Å². The Morgan fingerprint density at radius 2 is 1.71 bits per heavy atom. The molecule has 0 aliphatic carbocycles. The van der Waals surface area contributed by atoms with Crippen molar-refractivity contribution in [3.63, 3.8) is 0 Å². The summed E-state index contributed by atoms with van der Waals surface area (Å²) in [6, 6.07) is 12.4. The number of carbonyl (C=O) groups excluding carboxylic acids is 1. The van der Waals surface area contributed by atoms with Gasteiger partial charge in [-0.3, -0.25) is 9.69 Å². The molecule has 1 aliphatic rings. The first-order valence-electron chi connectivity index (χ1n) is 10.7. The lowest BCUT2D eigenvalue weighted by Gasteiger charge is -2.20. The van der Waals surface area contributed by atoms with E-state index >= 15 is 0 Å². The number of benzene rings is 2. The van der Waals surface area contributed by atoms with Crippen molar-refractivity contribution in [2.24, 2.45) is 0 Å². The van der Waals surface area contributed by atoms with Crippen molar-refractivity contribution in [2.45, 2.75) is 44.7 Å². The van der Waals surface area contributed by atoms with Crippen LogP contribution in [0.15, 0.2) is 47.4 Å². The maximum Gasteiger partial charge on any atom is 0.251 e. The zero-order valence-corrected chi connectivity index (χ0v) is 19.7. The van der Waals surface area contributed by atoms with Gasteiger partial charge in [-0.2, -0.15) is 4.31 Å². The van der Waals surface area contributed by atoms with Crippen LogP contribution >= 0.6 is 11.6 Å². The first-order chi connectivity index (χ1) is 14.9. The smallest absolute Gasteiger partial charge is 0.251 e. The van der Waals surface area contributed by atoms with Crippen molar-refractivity contribution >= 4 is 27.5 Å². The topological polar surface area (TPSA) is 69.7 Å². The number of carbonyl (C=O) groups is 1. The second kappa shape index (κ2) is 10.6. The molecule has 1 aliphatic heterocycles. The summed E-state index contributed by atoms with van der Waals surface area (Å²) >= 11 is 6.19. The highest BCUT2D eigenvalue weighted by Gasteiger charge is 2.29. The molecule has 0 unspecified atom stereocenters. The van der Waals surface area contributed by atoms with Gasteiger partial charge in [0.2, 0.25) is 10.0 Å². The van der Waals surface area contributed by atoms with E-state index in [0.29, 0.717) is 19.6 Å². The summed E-state index contributed by atoms with van der Waals surface area (Å²) in [6.45, 7) is 8.32. The molecule has 31 heavy (non-hydrogen) atoms. The predicted octanol–water partition coefficient (Wildman–Crippen LogP) is 3.90. The van der Waals surface area contributed by atoms with Crippen LogP contribution in [0.1, 0.15) is 48.2 Å². The first-order valence-corrected chi connectivity index (χ1v) is 12.6. The molecule has 0 bridgehead atoms. The lowest BCUT2D eigenvalue weighted by molar-refractivity contribution is 0.0950. The van der Waals surface area contributed by atoms with Crippen LogP contribution in [0.2, 0.25) is 5.02 Å². The fraction of sp³-hybridized carbons (Fsp3) is 0.435. The monoisotopic (exact) mass is 463 g/mol. The second-order valence-corrected chi connectivity index (χ2v) is 9.98. The molecule has 0 atom stereocenters. The van der Waals surface area contributed by atoms with Crippen LogP contribution in [-0.2, 0) is 23.1 Å². The Labute approximate surface area is 190 Å². The maximum absolute atomic E-state index is 12.9. The van der Waals surface area contributed by atoms with E-state index in [9.17, 15) is 13.2 Å². The minimum Gasteiger partial charge on any atom is -0.348 e. The lowest BCUT2D eigenvalue weighted by atomic mass is 10.1. The Balaban J connectivity index is 1.75. The van der Waals surface area contributed by atoms with E-state index in [2.05, 4.69) is 30.1 Å². The first kappa shape index (κ1) is 23.7. The second-order valence-electron chi connectivity index (χ2n) is 7.67. The Morgan fingerprint density at radius 1 is 1.06 bits per heavy atom. The molecule has 1 saturated heterocycles. The number of rotatable bonds is 9. The third-order valence-electron chi connectivity index (χ3n) is 5.72. The van der Waals surface area contributed by atoms with Crippen molar-refractivity contribution < 1.29 is 13.2 Å². The highest BCUT2D eigenvalue weighted by Crippen LogP contribution is 2.28. The van der Waals surface area contributed by atoms with E-state index in [1.807, 2.05) is 18.2 Å². The van der Waals surface area contributed by atoms with Gasteiger partial charge in [-0.1, -0.05) is 49.7 Å². The molecule has 0 spiro atoms. The molecule has 0 saturated carbocycles. The maximum atomic E-state index is 12.9. The molecular weight excluding hydrogens is 434 g/mol. The molecule has 168 valence electrons. The fourth-order valence-electron chi connectivity index (χ4n) is 3.76. The minimum absolute atomic E-state index is 0.00866. The van der Waals surface area contributed by atoms with Crippen LogP contribution < -0.4 is 5.32 Å². The van der Waals surface area contributed by atoms with Gasteiger partial charge in [0.25, 0.3) is 5.91 Å². The Morgan fingerprint density at radius 3 is 2.35 bits per heavy atom. The number of hydrogen-bond acceptors (Lipinski definition) is 4. The van der Waals surface area contributed by atoms with Crippen LogP contribution in [0, 0.1) is 0 Å². The molecule has 1 N–H and O–H groups in total. The Hall–Kier alpha value is -1.93. The van der Waals surface area contributed by atoms with Gasteiger partial charge in [0.05, 0.1) is 5.02 Å². The summed E-state index contributed by atoms with van der Waals surface area (Å²) in [5.74, 6) is -0.327. The van der Waals surface area contributed by atoms with Crippen molar-refractivity contribution in [3.8, 4) is 0 Å². The summed E-state index contributed by atoms with van der Waals surface area (Å²) in [6.07, 6.45) is 1.67. The van der Waals surface area contributed by atoms with Crippen molar-refractivity contribution in [2.75, 3.05) is 26.2 Å². The van der Waals surface area contributed by atoms with Gasteiger partial charge in [0, 0.05) is 31.7 Å². The van der Waals surface area contributed by atoms with Gasteiger partial charge < -0.3 is 5.32 Å². The zero-order valence-electron chi connectivity index (χ0n) is 18.1. The molecule has 0 radical (unpaired) electrons. The Bertz CT molecular complexity index is 1020. The third kappa shape index (κ3) is 5.66. The van der Waals surface area contributed by atoms with Gasteiger partial charge in [0.1, 0.15) is 4.90 Å². The molecule has 6 nitrogen and oxygen atoms in total. The van der Waals surface area contributed by atoms with Crippen LogP contribution in [0.5, 0.6) is 0 Å². The van der Waals surface area contributed by atoms with Crippen LogP contribution in [0.4, 0.5) is 0 Å². The van der Waals surface area contributed by atoms with E-state index in [1.165, 1.54) is 22.0 Å². The molecule has 8 heteroatoms. The third-order valence-corrected chi connectivity index (χ3v) is 8.10. The molecule has 1 amide bonds. The lowest BCUT2D eigenvalue weighted by Crippen LogP contribution is -2.29. The van der Waals surface area contributed by atoms with Crippen molar-refractivity contribution in [3.05, 3.63) is 64.2 Å². The molecule has 1 heterocycles. The van der Waals surface area contributed by atoms with Gasteiger partial charge in [-0.25, -0.2) is 8.42 Å². The fourth-order valence-corrected chi connectivity index (χ4v) is 5.78. The van der Waals surface area contributed by atoms with E-state index in [0.717, 1.165) is 38.0 Å². The number of sulfonamides is 1. The van der Waals surface area contributed by atoms with E-state index < -0.39 is 10.0 Å². The highest BCUT2D eigenvalue weighted by molar-refractivity contribution is 7.89. The summed E-state index contributed by atoms with van der Waals surface area (Å²) in [7, 11) is -3.70. The normalized spacial score (nSPS) is 14.8. The zero-order chi connectivity index (χ0) is 22.4. The number of nitrogens with zero attached hydrogens (tertiary/aromatic N) is 2. The highest BCUT2D eigenvalue weighted by atomic mass is 35.5. The summed E-state index contributed by atoms with van der Waals surface area (Å²) in [5, 5.41) is 3.06. The van der Waals surface area contributed by atoms with Crippen LogP contribution in [0.3, 0.4) is 0 Å². The summed E-state index contributed by atoms with van der Waals surface area (Å²) < 4.78 is 27.3. The van der Waals surface area contributed by atoms with Crippen LogP contribution in [-0.4, -0.2) is 49.7 Å². The van der Waals surface area contributed by atoms with Gasteiger partial charge >= 0.3 is 0 Å². The van der Waals surface area contributed by atoms with Crippen molar-refractivity contribution in [1.82, 2.24) is 14.5 Å². The van der Waals surface area contributed by atoms with E-state index in [-0.39, 0.29) is 21.4 Å². The van der Waals surface area contributed by atoms with Crippen LogP contribution in [0.25, 0.3) is 0 Å².